The number of para-hydroxylation sites is 1. The van der Waals surface area contributed by atoms with E-state index in [2.05, 4.69) is 4.98 Å². The van der Waals surface area contributed by atoms with E-state index in [9.17, 15) is 23.1 Å². The molecule has 0 unspecified atom stereocenters. The molecule has 2 heterocycles. The van der Waals surface area contributed by atoms with Crippen LogP contribution in [-0.2, 0) is 6.54 Å². The van der Waals surface area contributed by atoms with E-state index in [1.807, 2.05) is 24.3 Å². The number of imidazole rings is 1. The van der Waals surface area contributed by atoms with Crippen molar-refractivity contribution >= 4 is 34.3 Å². The second kappa shape index (κ2) is 7.73. The zero-order valence-electron chi connectivity index (χ0n) is 15.1. The summed E-state index contributed by atoms with van der Waals surface area (Å²) in [6.07, 6.45) is 2.75. The van der Waals surface area contributed by atoms with E-state index in [1.54, 1.807) is 0 Å². The van der Waals surface area contributed by atoms with Crippen molar-refractivity contribution < 1.29 is 18.3 Å². The van der Waals surface area contributed by atoms with E-state index >= 15 is 0 Å². The third kappa shape index (κ3) is 4.03. The van der Waals surface area contributed by atoms with Gasteiger partial charge in [-0.15, -0.1) is 0 Å². The molecule has 4 rings (SSSR count). The van der Waals surface area contributed by atoms with Gasteiger partial charge in [-0.25, -0.2) is 9.36 Å². The molecule has 2 aromatic carbocycles. The second-order valence-electron chi connectivity index (χ2n) is 6.38. The molecule has 0 aliphatic heterocycles. The Hall–Kier alpha value is -2.91. The van der Waals surface area contributed by atoms with Crippen molar-refractivity contribution in [3.63, 3.8) is 0 Å². The fourth-order valence-corrected chi connectivity index (χ4v) is 3.89. The maximum absolute atomic E-state index is 12.9. The molecule has 10 heteroatoms. The van der Waals surface area contributed by atoms with Gasteiger partial charge >= 0.3 is 11.2 Å². The summed E-state index contributed by atoms with van der Waals surface area (Å²) >= 11 is 6.04. The van der Waals surface area contributed by atoms with Crippen LogP contribution >= 0.6 is 23.4 Å². The van der Waals surface area contributed by atoms with Crippen molar-refractivity contribution in [3.05, 3.63) is 82.0 Å². The molecule has 0 aliphatic carbocycles. The molecule has 2 aromatic heterocycles. The SMILES string of the molecule is O=c1n(Cc2c(Cl)cnc3ccccc23)cc(O)n1-c1ccc(SC(F)(F)F)cc1. The minimum Gasteiger partial charge on any atom is -0.493 e. The minimum atomic E-state index is -4.41. The summed E-state index contributed by atoms with van der Waals surface area (Å²) in [6.45, 7) is 0.0866. The molecular formula is C20H13ClF3N3O2S. The van der Waals surface area contributed by atoms with Gasteiger partial charge in [-0.3, -0.25) is 9.55 Å². The first kappa shape index (κ1) is 20.4. The molecule has 0 atom stereocenters. The van der Waals surface area contributed by atoms with Crippen LogP contribution in [0.5, 0.6) is 5.88 Å². The van der Waals surface area contributed by atoms with Gasteiger partial charge in [-0.1, -0.05) is 29.8 Å². The Labute approximate surface area is 177 Å². The first-order valence-corrected chi connectivity index (χ1v) is 9.82. The van der Waals surface area contributed by atoms with Crippen LogP contribution in [0.25, 0.3) is 16.6 Å². The zero-order valence-corrected chi connectivity index (χ0v) is 16.7. The van der Waals surface area contributed by atoms with Crippen LogP contribution in [0.15, 0.2) is 70.6 Å². The van der Waals surface area contributed by atoms with E-state index in [1.165, 1.54) is 41.2 Å². The summed E-state index contributed by atoms with van der Waals surface area (Å²) in [7, 11) is 0. The summed E-state index contributed by atoms with van der Waals surface area (Å²) in [6, 6.07) is 12.5. The van der Waals surface area contributed by atoms with Crippen LogP contribution in [0.1, 0.15) is 5.56 Å². The monoisotopic (exact) mass is 451 g/mol. The van der Waals surface area contributed by atoms with Crippen molar-refractivity contribution in [1.29, 1.82) is 0 Å². The highest BCUT2D eigenvalue weighted by atomic mass is 35.5. The fourth-order valence-electron chi connectivity index (χ4n) is 3.14. The molecule has 1 N–H and O–H groups in total. The third-order valence-corrected chi connectivity index (χ3v) is 5.49. The number of benzene rings is 2. The second-order valence-corrected chi connectivity index (χ2v) is 7.92. The predicted octanol–water partition coefficient (Wildman–Crippen LogP) is 5.21. The number of thioether (sulfide) groups is 1. The van der Waals surface area contributed by atoms with Gasteiger partial charge in [-0.2, -0.15) is 13.2 Å². The number of alkyl halides is 3. The van der Waals surface area contributed by atoms with Gasteiger partial charge in [0.15, 0.2) is 0 Å². The molecule has 5 nitrogen and oxygen atoms in total. The number of aromatic nitrogens is 3. The van der Waals surface area contributed by atoms with Crippen molar-refractivity contribution in [3.8, 4) is 11.6 Å². The molecule has 0 fully saturated rings. The fraction of sp³-hybridized carbons (Fsp3) is 0.100. The Balaban J connectivity index is 1.70. The van der Waals surface area contributed by atoms with Crippen molar-refractivity contribution in [1.82, 2.24) is 14.1 Å². The molecule has 30 heavy (non-hydrogen) atoms. The van der Waals surface area contributed by atoms with Crippen LogP contribution in [0.2, 0.25) is 5.02 Å². The maximum Gasteiger partial charge on any atom is 0.446 e. The lowest BCUT2D eigenvalue weighted by molar-refractivity contribution is -0.0328. The average Bonchev–Trinajstić information content (AvgIpc) is 2.97. The van der Waals surface area contributed by atoms with Gasteiger partial charge in [0.1, 0.15) is 0 Å². The molecule has 0 saturated heterocycles. The lowest BCUT2D eigenvalue weighted by Crippen LogP contribution is -2.23. The van der Waals surface area contributed by atoms with Gasteiger partial charge in [0.2, 0.25) is 5.88 Å². The van der Waals surface area contributed by atoms with E-state index in [-0.39, 0.29) is 34.8 Å². The van der Waals surface area contributed by atoms with E-state index < -0.39 is 11.2 Å². The summed E-state index contributed by atoms with van der Waals surface area (Å²) in [5.41, 5.74) is -3.34. The molecule has 0 spiro atoms. The first-order chi connectivity index (χ1) is 14.2. The highest BCUT2D eigenvalue weighted by molar-refractivity contribution is 8.00. The molecular weight excluding hydrogens is 439 g/mol. The smallest absolute Gasteiger partial charge is 0.446 e. The Morgan fingerprint density at radius 1 is 1.10 bits per heavy atom. The Kier molecular flexibility index (Phi) is 5.25. The summed E-state index contributed by atoms with van der Waals surface area (Å²) in [5, 5.41) is 11.4. The Morgan fingerprint density at radius 3 is 2.50 bits per heavy atom. The summed E-state index contributed by atoms with van der Waals surface area (Å²) in [5.74, 6) is -0.342. The number of pyridine rings is 1. The van der Waals surface area contributed by atoms with Crippen molar-refractivity contribution in [2.24, 2.45) is 0 Å². The maximum atomic E-state index is 12.9. The standard InChI is InChI=1S/C20H13ClF3N3O2S/c21-16-9-25-17-4-2-1-3-14(17)15(16)10-26-11-18(28)27(19(26)29)12-5-7-13(8-6-12)30-20(22,23)24/h1-9,11,28H,10H2. The van der Waals surface area contributed by atoms with E-state index in [0.29, 0.717) is 16.1 Å². The zero-order chi connectivity index (χ0) is 21.5. The molecule has 0 saturated carbocycles. The molecule has 0 amide bonds. The van der Waals surface area contributed by atoms with Crippen LogP contribution in [0.3, 0.4) is 0 Å². The van der Waals surface area contributed by atoms with Crippen LogP contribution < -0.4 is 5.69 Å². The van der Waals surface area contributed by atoms with E-state index in [0.717, 1.165) is 9.95 Å². The topological polar surface area (TPSA) is 60.1 Å². The lowest BCUT2D eigenvalue weighted by atomic mass is 10.1. The number of nitrogens with zero attached hydrogens (tertiary/aromatic N) is 3. The van der Waals surface area contributed by atoms with Gasteiger partial charge in [0.25, 0.3) is 0 Å². The van der Waals surface area contributed by atoms with Crippen molar-refractivity contribution in [2.45, 2.75) is 16.9 Å². The highest BCUT2D eigenvalue weighted by Gasteiger charge is 2.29. The molecule has 0 aliphatic rings. The van der Waals surface area contributed by atoms with Gasteiger partial charge in [0, 0.05) is 22.0 Å². The van der Waals surface area contributed by atoms with Gasteiger partial charge in [-0.05, 0) is 42.1 Å². The third-order valence-electron chi connectivity index (χ3n) is 4.43. The highest BCUT2D eigenvalue weighted by Crippen LogP contribution is 2.37. The number of hydrogen-bond donors (Lipinski definition) is 1. The minimum absolute atomic E-state index is 0.0201. The van der Waals surface area contributed by atoms with Crippen LogP contribution in [0, 0.1) is 0 Å². The van der Waals surface area contributed by atoms with Crippen LogP contribution in [0.4, 0.5) is 13.2 Å². The quantitative estimate of drug-likeness (QED) is 0.433. The lowest BCUT2D eigenvalue weighted by Gasteiger charge is -2.09. The van der Waals surface area contributed by atoms with Gasteiger partial charge < -0.3 is 5.11 Å². The number of rotatable bonds is 4. The number of fused-ring (bicyclic) bond motifs is 1. The van der Waals surface area contributed by atoms with E-state index in [4.69, 9.17) is 11.6 Å². The molecule has 154 valence electrons. The number of hydrogen-bond acceptors (Lipinski definition) is 4. The Morgan fingerprint density at radius 2 is 1.80 bits per heavy atom. The van der Waals surface area contributed by atoms with Crippen molar-refractivity contribution in [2.75, 3.05) is 0 Å². The Bertz CT molecular complexity index is 1280. The van der Waals surface area contributed by atoms with Crippen LogP contribution in [-0.4, -0.2) is 24.7 Å². The van der Waals surface area contributed by atoms with Gasteiger partial charge in [0.05, 0.1) is 29.0 Å². The summed E-state index contributed by atoms with van der Waals surface area (Å²) in [4.78, 5) is 17.1. The number of aromatic hydroxyl groups is 1. The molecule has 4 aromatic rings. The molecule has 0 bridgehead atoms. The average molecular weight is 452 g/mol. The summed E-state index contributed by atoms with van der Waals surface area (Å²) < 4.78 is 39.8. The normalized spacial score (nSPS) is 11.9. The largest absolute Gasteiger partial charge is 0.493 e. The number of halogens is 4. The molecule has 0 radical (unpaired) electrons. The first-order valence-electron chi connectivity index (χ1n) is 8.62. The predicted molar refractivity (Wildman–Crippen MR) is 109 cm³/mol.